The normalized spacial score (nSPS) is 22.5. The third kappa shape index (κ3) is 6.33. The maximum absolute atomic E-state index is 12.0. The fraction of sp³-hybridized carbons (Fsp3) is 0.867. The molecule has 0 aromatic rings. The van der Waals surface area contributed by atoms with Gasteiger partial charge in [-0.2, -0.15) is 0 Å². The molecule has 2 amide bonds. The highest BCUT2D eigenvalue weighted by Crippen LogP contribution is 2.29. The van der Waals surface area contributed by atoms with Crippen LogP contribution in [-0.4, -0.2) is 43.4 Å². The van der Waals surface area contributed by atoms with Crippen LogP contribution in [0.25, 0.3) is 0 Å². The van der Waals surface area contributed by atoms with Crippen LogP contribution in [0.5, 0.6) is 0 Å². The number of alkyl carbamates (subject to hydrolysis) is 1. The maximum atomic E-state index is 12.0. The molecule has 0 unspecified atom stereocenters. The summed E-state index contributed by atoms with van der Waals surface area (Å²) in [5.74, 6) is 0.484. The summed E-state index contributed by atoms with van der Waals surface area (Å²) >= 11 is 0. The number of amides is 2. The molecule has 1 aliphatic carbocycles. The zero-order valence-corrected chi connectivity index (χ0v) is 13.8. The SMILES string of the molecule is CON(C)C(=O)[C@H]1CC[C@@H](CNC(=O)OC(C)(C)C)CC1. The summed E-state index contributed by atoms with van der Waals surface area (Å²) in [4.78, 5) is 28.5. The fourth-order valence-corrected chi connectivity index (χ4v) is 2.50. The van der Waals surface area contributed by atoms with Gasteiger partial charge < -0.3 is 10.1 Å². The lowest BCUT2D eigenvalue weighted by molar-refractivity contribution is -0.174. The summed E-state index contributed by atoms with van der Waals surface area (Å²) in [6, 6.07) is 0. The van der Waals surface area contributed by atoms with Gasteiger partial charge in [0.15, 0.2) is 0 Å². The van der Waals surface area contributed by atoms with Crippen molar-refractivity contribution < 1.29 is 19.2 Å². The van der Waals surface area contributed by atoms with Gasteiger partial charge in [-0.05, 0) is 52.4 Å². The van der Waals surface area contributed by atoms with Gasteiger partial charge in [0.25, 0.3) is 0 Å². The number of carbonyl (C=O) groups is 2. The summed E-state index contributed by atoms with van der Waals surface area (Å²) in [5, 5.41) is 4.10. The largest absolute Gasteiger partial charge is 0.444 e. The molecule has 1 rings (SSSR count). The summed E-state index contributed by atoms with van der Waals surface area (Å²) in [7, 11) is 3.13. The van der Waals surface area contributed by atoms with E-state index in [1.807, 2.05) is 20.8 Å². The third-order valence-corrected chi connectivity index (χ3v) is 3.71. The van der Waals surface area contributed by atoms with Crippen LogP contribution >= 0.6 is 0 Å². The predicted octanol–water partition coefficient (Wildman–Crippen LogP) is 2.34. The monoisotopic (exact) mass is 300 g/mol. The van der Waals surface area contributed by atoms with E-state index in [4.69, 9.17) is 9.57 Å². The first-order chi connectivity index (χ1) is 9.73. The first-order valence-electron chi connectivity index (χ1n) is 7.51. The van der Waals surface area contributed by atoms with Crippen LogP contribution in [-0.2, 0) is 14.4 Å². The molecule has 0 aliphatic heterocycles. The molecule has 0 heterocycles. The maximum Gasteiger partial charge on any atom is 0.407 e. The van der Waals surface area contributed by atoms with Gasteiger partial charge in [-0.3, -0.25) is 9.63 Å². The Morgan fingerprint density at radius 2 is 1.76 bits per heavy atom. The molecule has 122 valence electrons. The topological polar surface area (TPSA) is 67.9 Å². The number of nitrogens with one attached hydrogen (secondary N) is 1. The van der Waals surface area contributed by atoms with Crippen LogP contribution in [0.3, 0.4) is 0 Å². The molecule has 0 aromatic carbocycles. The lowest BCUT2D eigenvalue weighted by Crippen LogP contribution is -2.38. The Kier molecular flexibility index (Phi) is 6.45. The molecule has 0 atom stereocenters. The van der Waals surface area contributed by atoms with Crippen molar-refractivity contribution in [1.29, 1.82) is 0 Å². The van der Waals surface area contributed by atoms with Crippen molar-refractivity contribution in [3.63, 3.8) is 0 Å². The van der Waals surface area contributed by atoms with Crippen molar-refractivity contribution in [2.45, 2.75) is 52.1 Å². The Hall–Kier alpha value is -1.30. The molecule has 1 aliphatic rings. The first-order valence-corrected chi connectivity index (χ1v) is 7.51. The van der Waals surface area contributed by atoms with E-state index >= 15 is 0 Å². The molecule has 21 heavy (non-hydrogen) atoms. The number of carbonyl (C=O) groups excluding carboxylic acids is 2. The molecule has 0 saturated heterocycles. The standard InChI is InChI=1S/C15H28N2O4/c1-15(2,3)21-14(19)16-10-11-6-8-12(9-7-11)13(18)17(4)20-5/h11-12H,6-10H2,1-5H3,(H,16,19)/t11-,12+. The van der Waals surface area contributed by atoms with Crippen LogP contribution < -0.4 is 5.32 Å². The number of nitrogens with zero attached hydrogens (tertiary/aromatic N) is 1. The molecular formula is C15H28N2O4. The van der Waals surface area contributed by atoms with E-state index in [0.29, 0.717) is 12.5 Å². The van der Waals surface area contributed by atoms with E-state index < -0.39 is 5.60 Å². The van der Waals surface area contributed by atoms with E-state index in [9.17, 15) is 9.59 Å². The first kappa shape index (κ1) is 17.8. The molecule has 6 heteroatoms. The van der Waals surface area contributed by atoms with Crippen molar-refractivity contribution in [2.75, 3.05) is 20.7 Å². The highest BCUT2D eigenvalue weighted by Gasteiger charge is 2.28. The number of rotatable bonds is 4. The molecule has 1 N–H and O–H groups in total. The van der Waals surface area contributed by atoms with Gasteiger partial charge in [0.2, 0.25) is 5.91 Å². The van der Waals surface area contributed by atoms with Crippen LogP contribution in [0.4, 0.5) is 4.79 Å². The van der Waals surface area contributed by atoms with Gasteiger partial charge in [-0.25, -0.2) is 9.86 Å². The molecule has 1 saturated carbocycles. The van der Waals surface area contributed by atoms with Crippen molar-refractivity contribution in [3.8, 4) is 0 Å². The van der Waals surface area contributed by atoms with E-state index in [2.05, 4.69) is 5.32 Å². The van der Waals surface area contributed by atoms with E-state index in [-0.39, 0.29) is 17.9 Å². The average molecular weight is 300 g/mol. The number of hydroxylamine groups is 2. The minimum absolute atomic E-state index is 0.0349. The lowest BCUT2D eigenvalue weighted by Gasteiger charge is -2.30. The van der Waals surface area contributed by atoms with Crippen LogP contribution in [0.2, 0.25) is 0 Å². The highest BCUT2D eigenvalue weighted by molar-refractivity contribution is 5.77. The van der Waals surface area contributed by atoms with Crippen molar-refractivity contribution in [1.82, 2.24) is 10.4 Å². The second kappa shape index (κ2) is 7.64. The Bertz CT molecular complexity index is 357. The molecule has 0 aromatic heterocycles. The Morgan fingerprint density at radius 1 is 1.19 bits per heavy atom. The summed E-state index contributed by atoms with van der Waals surface area (Å²) < 4.78 is 5.21. The number of hydrogen-bond acceptors (Lipinski definition) is 4. The quantitative estimate of drug-likeness (QED) is 0.809. The van der Waals surface area contributed by atoms with Crippen molar-refractivity contribution in [2.24, 2.45) is 11.8 Å². The zero-order valence-electron chi connectivity index (χ0n) is 13.8. The third-order valence-electron chi connectivity index (χ3n) is 3.71. The smallest absolute Gasteiger partial charge is 0.407 e. The van der Waals surface area contributed by atoms with Gasteiger partial charge in [-0.15, -0.1) is 0 Å². The van der Waals surface area contributed by atoms with Crippen LogP contribution in [0.1, 0.15) is 46.5 Å². The van der Waals surface area contributed by atoms with Gasteiger partial charge in [0.05, 0.1) is 7.11 Å². The van der Waals surface area contributed by atoms with Gasteiger partial charge in [0.1, 0.15) is 5.60 Å². The van der Waals surface area contributed by atoms with Gasteiger partial charge in [0, 0.05) is 19.5 Å². The van der Waals surface area contributed by atoms with Crippen LogP contribution in [0.15, 0.2) is 0 Å². The van der Waals surface area contributed by atoms with Crippen LogP contribution in [0, 0.1) is 11.8 Å². The number of hydrogen-bond donors (Lipinski definition) is 1. The fourth-order valence-electron chi connectivity index (χ4n) is 2.50. The summed E-state index contributed by atoms with van der Waals surface area (Å²) in [6.07, 6.45) is 3.17. The highest BCUT2D eigenvalue weighted by atomic mass is 16.7. The summed E-state index contributed by atoms with van der Waals surface area (Å²) in [5.41, 5.74) is -0.473. The van der Waals surface area contributed by atoms with Crippen molar-refractivity contribution in [3.05, 3.63) is 0 Å². The summed E-state index contributed by atoms with van der Waals surface area (Å²) in [6.45, 7) is 6.14. The molecule has 6 nitrogen and oxygen atoms in total. The Labute approximate surface area is 127 Å². The molecule has 0 radical (unpaired) electrons. The van der Waals surface area contributed by atoms with Gasteiger partial charge in [-0.1, -0.05) is 0 Å². The zero-order chi connectivity index (χ0) is 16.0. The second-order valence-corrected chi connectivity index (χ2v) is 6.62. The molecule has 1 fully saturated rings. The molecular weight excluding hydrogens is 272 g/mol. The minimum atomic E-state index is -0.473. The van der Waals surface area contributed by atoms with Crippen molar-refractivity contribution >= 4 is 12.0 Å². The van der Waals surface area contributed by atoms with E-state index in [1.54, 1.807) is 7.05 Å². The predicted molar refractivity (Wildman–Crippen MR) is 79.5 cm³/mol. The van der Waals surface area contributed by atoms with E-state index in [1.165, 1.54) is 12.2 Å². The average Bonchev–Trinajstić information content (AvgIpc) is 2.42. The lowest BCUT2D eigenvalue weighted by atomic mass is 9.81. The number of ether oxygens (including phenoxy) is 1. The second-order valence-electron chi connectivity index (χ2n) is 6.62. The van der Waals surface area contributed by atoms with Gasteiger partial charge >= 0.3 is 6.09 Å². The molecule has 0 spiro atoms. The Balaban J connectivity index is 2.28. The molecule has 0 bridgehead atoms. The Morgan fingerprint density at radius 3 is 2.24 bits per heavy atom. The van der Waals surface area contributed by atoms with E-state index in [0.717, 1.165) is 25.7 Å². The minimum Gasteiger partial charge on any atom is -0.444 e.